The van der Waals surface area contributed by atoms with Gasteiger partial charge in [-0.05, 0) is 29.8 Å². The van der Waals surface area contributed by atoms with Gasteiger partial charge in [0, 0.05) is 18.0 Å². The largest absolute Gasteiger partial charge is 0.308 e. The Kier molecular flexibility index (Phi) is 3.70. The molecule has 0 spiro atoms. The third-order valence-electron chi connectivity index (χ3n) is 3.66. The normalized spacial score (nSPS) is 31.7. The Morgan fingerprint density at radius 3 is 3.07 bits per heavy atom. The van der Waals surface area contributed by atoms with Gasteiger partial charge in [-0.2, -0.15) is 0 Å². The van der Waals surface area contributed by atoms with Crippen LogP contribution in [0.5, 0.6) is 0 Å². The molecule has 1 aliphatic rings. The van der Waals surface area contributed by atoms with Gasteiger partial charge in [0.05, 0.1) is 5.69 Å². The molecule has 84 valence electrons. The minimum absolute atomic E-state index is 0.662. The SMILES string of the molecule is C[C@H]1[C@H](C)CCC[C@@H]1NCc1csnn1. The molecule has 0 bridgehead atoms. The standard InChI is InChI=1S/C11H19N3S/c1-8-4-3-5-11(9(8)2)12-6-10-7-15-14-13-10/h7-9,11-12H,3-6H2,1-2H3/t8-,9+,11+/m1/s1. The van der Waals surface area contributed by atoms with Crippen LogP contribution in [-0.2, 0) is 6.54 Å². The van der Waals surface area contributed by atoms with E-state index in [0.29, 0.717) is 6.04 Å². The van der Waals surface area contributed by atoms with Crippen molar-refractivity contribution in [3.05, 3.63) is 11.1 Å². The predicted octanol–water partition coefficient (Wildman–Crippen LogP) is 2.45. The summed E-state index contributed by atoms with van der Waals surface area (Å²) in [5, 5.41) is 9.68. The van der Waals surface area contributed by atoms with E-state index in [-0.39, 0.29) is 0 Å². The Balaban J connectivity index is 1.83. The monoisotopic (exact) mass is 225 g/mol. The van der Waals surface area contributed by atoms with E-state index in [2.05, 4.69) is 28.8 Å². The number of nitrogens with zero attached hydrogens (tertiary/aromatic N) is 2. The number of aromatic nitrogens is 2. The van der Waals surface area contributed by atoms with E-state index in [1.807, 2.05) is 5.38 Å². The summed E-state index contributed by atoms with van der Waals surface area (Å²) in [5.41, 5.74) is 1.07. The first-order valence-corrected chi connectivity index (χ1v) is 6.60. The van der Waals surface area contributed by atoms with Crippen LogP contribution in [0.15, 0.2) is 5.38 Å². The van der Waals surface area contributed by atoms with Crippen LogP contribution in [0.2, 0.25) is 0 Å². The van der Waals surface area contributed by atoms with Gasteiger partial charge in [0.15, 0.2) is 0 Å². The molecule has 1 N–H and O–H groups in total. The van der Waals surface area contributed by atoms with Crippen molar-refractivity contribution in [3.63, 3.8) is 0 Å². The summed E-state index contributed by atoms with van der Waals surface area (Å²) < 4.78 is 3.87. The predicted molar refractivity (Wildman–Crippen MR) is 62.7 cm³/mol. The van der Waals surface area contributed by atoms with Crippen molar-refractivity contribution in [1.82, 2.24) is 14.9 Å². The average molecular weight is 225 g/mol. The van der Waals surface area contributed by atoms with E-state index in [1.54, 1.807) is 0 Å². The van der Waals surface area contributed by atoms with Crippen LogP contribution in [0.25, 0.3) is 0 Å². The molecule has 0 aromatic carbocycles. The first-order chi connectivity index (χ1) is 7.27. The number of rotatable bonds is 3. The highest BCUT2D eigenvalue weighted by molar-refractivity contribution is 7.03. The molecule has 1 aromatic heterocycles. The molecule has 1 aromatic rings. The Labute approximate surface area is 95.4 Å². The molecule has 0 saturated heterocycles. The first-order valence-electron chi connectivity index (χ1n) is 5.76. The lowest BCUT2D eigenvalue weighted by molar-refractivity contribution is 0.205. The lowest BCUT2D eigenvalue weighted by Gasteiger charge is -2.34. The summed E-state index contributed by atoms with van der Waals surface area (Å²) in [4.78, 5) is 0. The van der Waals surface area contributed by atoms with Gasteiger partial charge in [-0.3, -0.25) is 0 Å². The Hall–Kier alpha value is -0.480. The smallest absolute Gasteiger partial charge is 0.0893 e. The number of nitrogens with one attached hydrogen (secondary N) is 1. The number of hydrogen-bond acceptors (Lipinski definition) is 4. The fourth-order valence-corrected chi connectivity index (χ4v) is 2.82. The van der Waals surface area contributed by atoms with Crippen LogP contribution < -0.4 is 5.32 Å². The second-order valence-corrected chi connectivity index (χ2v) is 5.26. The maximum absolute atomic E-state index is 4.05. The Bertz CT molecular complexity index is 286. The maximum Gasteiger partial charge on any atom is 0.0893 e. The zero-order chi connectivity index (χ0) is 10.7. The lowest BCUT2D eigenvalue weighted by atomic mass is 9.78. The van der Waals surface area contributed by atoms with Gasteiger partial charge >= 0.3 is 0 Å². The van der Waals surface area contributed by atoms with Gasteiger partial charge < -0.3 is 5.32 Å². The molecule has 0 radical (unpaired) electrons. The summed E-state index contributed by atoms with van der Waals surface area (Å²) in [6.07, 6.45) is 4.05. The molecule has 1 fully saturated rings. The summed E-state index contributed by atoms with van der Waals surface area (Å²) in [6.45, 7) is 5.60. The molecule has 4 heteroatoms. The minimum Gasteiger partial charge on any atom is -0.308 e. The van der Waals surface area contributed by atoms with Crippen molar-refractivity contribution in [1.29, 1.82) is 0 Å². The molecule has 15 heavy (non-hydrogen) atoms. The molecule has 1 heterocycles. The van der Waals surface area contributed by atoms with Crippen LogP contribution in [0, 0.1) is 11.8 Å². The highest BCUT2D eigenvalue weighted by atomic mass is 32.1. The molecule has 0 unspecified atom stereocenters. The zero-order valence-corrected chi connectivity index (χ0v) is 10.3. The molecule has 1 aliphatic carbocycles. The van der Waals surface area contributed by atoms with Gasteiger partial charge in [0.25, 0.3) is 0 Å². The molecule has 3 nitrogen and oxygen atoms in total. The van der Waals surface area contributed by atoms with E-state index >= 15 is 0 Å². The fourth-order valence-electron chi connectivity index (χ4n) is 2.37. The van der Waals surface area contributed by atoms with E-state index < -0.39 is 0 Å². The van der Waals surface area contributed by atoms with Crippen molar-refractivity contribution < 1.29 is 0 Å². The van der Waals surface area contributed by atoms with E-state index in [9.17, 15) is 0 Å². The highest BCUT2D eigenvalue weighted by Crippen LogP contribution is 2.29. The molecule has 3 atom stereocenters. The fraction of sp³-hybridized carbons (Fsp3) is 0.818. The molecule has 1 saturated carbocycles. The van der Waals surface area contributed by atoms with Crippen LogP contribution >= 0.6 is 11.5 Å². The Morgan fingerprint density at radius 1 is 1.47 bits per heavy atom. The third-order valence-corrected chi connectivity index (χ3v) is 4.21. The van der Waals surface area contributed by atoms with E-state index in [1.165, 1.54) is 30.8 Å². The highest BCUT2D eigenvalue weighted by Gasteiger charge is 2.26. The Morgan fingerprint density at radius 2 is 2.33 bits per heavy atom. The van der Waals surface area contributed by atoms with Gasteiger partial charge in [-0.25, -0.2) is 0 Å². The van der Waals surface area contributed by atoms with Crippen LogP contribution in [0.1, 0.15) is 38.8 Å². The molecular weight excluding hydrogens is 206 g/mol. The van der Waals surface area contributed by atoms with Crippen molar-refractivity contribution in [2.75, 3.05) is 0 Å². The van der Waals surface area contributed by atoms with Gasteiger partial charge in [-0.1, -0.05) is 31.2 Å². The first kappa shape index (κ1) is 11.0. The van der Waals surface area contributed by atoms with Gasteiger partial charge in [0.1, 0.15) is 0 Å². The minimum atomic E-state index is 0.662. The van der Waals surface area contributed by atoms with E-state index in [0.717, 1.165) is 24.1 Å². The van der Waals surface area contributed by atoms with Gasteiger partial charge in [0.2, 0.25) is 0 Å². The molecule has 0 amide bonds. The summed E-state index contributed by atoms with van der Waals surface area (Å²) in [6, 6.07) is 0.662. The van der Waals surface area contributed by atoms with Crippen molar-refractivity contribution in [3.8, 4) is 0 Å². The van der Waals surface area contributed by atoms with Crippen LogP contribution in [0.3, 0.4) is 0 Å². The molecule has 2 rings (SSSR count). The number of hydrogen-bond donors (Lipinski definition) is 1. The third kappa shape index (κ3) is 2.75. The van der Waals surface area contributed by atoms with Crippen LogP contribution in [0.4, 0.5) is 0 Å². The summed E-state index contributed by atoms with van der Waals surface area (Å²) >= 11 is 1.43. The van der Waals surface area contributed by atoms with Crippen molar-refractivity contribution >= 4 is 11.5 Å². The molecule has 0 aliphatic heterocycles. The lowest BCUT2D eigenvalue weighted by Crippen LogP contribution is -2.40. The van der Waals surface area contributed by atoms with Gasteiger partial charge in [-0.15, -0.1) is 5.10 Å². The van der Waals surface area contributed by atoms with E-state index in [4.69, 9.17) is 0 Å². The van der Waals surface area contributed by atoms with Crippen molar-refractivity contribution in [2.45, 2.75) is 45.7 Å². The van der Waals surface area contributed by atoms with Crippen LogP contribution in [-0.4, -0.2) is 15.6 Å². The topological polar surface area (TPSA) is 37.8 Å². The second-order valence-electron chi connectivity index (χ2n) is 4.65. The summed E-state index contributed by atoms with van der Waals surface area (Å²) in [5.74, 6) is 1.63. The second kappa shape index (κ2) is 5.03. The summed E-state index contributed by atoms with van der Waals surface area (Å²) in [7, 11) is 0. The molecular formula is C11H19N3S. The van der Waals surface area contributed by atoms with Crippen molar-refractivity contribution in [2.24, 2.45) is 11.8 Å². The average Bonchev–Trinajstić information content (AvgIpc) is 2.73. The zero-order valence-electron chi connectivity index (χ0n) is 9.44. The quantitative estimate of drug-likeness (QED) is 0.858. The maximum atomic E-state index is 4.05.